The predicted molar refractivity (Wildman–Crippen MR) is 96.0 cm³/mol. The van der Waals surface area contributed by atoms with Gasteiger partial charge in [0.05, 0.1) is 0 Å². The van der Waals surface area contributed by atoms with Crippen molar-refractivity contribution >= 4 is 28.3 Å². The molecule has 3 aromatic rings. The first-order valence-electron chi connectivity index (χ1n) is 8.09. The van der Waals surface area contributed by atoms with Crippen LogP contribution in [0.4, 0.5) is 15.9 Å². The summed E-state index contributed by atoms with van der Waals surface area (Å²) in [5, 5.41) is 3.83. The Morgan fingerprint density at radius 3 is 2.76 bits per heavy atom. The van der Waals surface area contributed by atoms with E-state index in [2.05, 4.69) is 15.3 Å². The zero-order valence-corrected chi connectivity index (χ0v) is 14.2. The highest BCUT2D eigenvalue weighted by Gasteiger charge is 2.09. The summed E-state index contributed by atoms with van der Waals surface area (Å²) < 4.78 is 13.9. The van der Waals surface area contributed by atoms with Gasteiger partial charge in [-0.05, 0) is 36.8 Å². The Balaban J connectivity index is 1.88. The van der Waals surface area contributed by atoms with E-state index in [0.29, 0.717) is 24.3 Å². The molecule has 2 aromatic carbocycles. The van der Waals surface area contributed by atoms with Crippen LogP contribution in [-0.2, 0) is 11.3 Å². The molecule has 1 heterocycles. The molecule has 1 aromatic heterocycles. The van der Waals surface area contributed by atoms with Crippen LogP contribution in [-0.4, -0.2) is 27.3 Å². The number of hydrogen-bond donors (Lipinski definition) is 1. The minimum absolute atomic E-state index is 0.0399. The number of nitrogens with zero attached hydrogens (tertiary/aromatic N) is 3. The van der Waals surface area contributed by atoms with Crippen LogP contribution in [0, 0.1) is 5.82 Å². The Kier molecular flexibility index (Phi) is 4.88. The highest BCUT2D eigenvalue weighted by molar-refractivity contribution is 5.90. The zero-order valence-electron chi connectivity index (χ0n) is 14.2. The van der Waals surface area contributed by atoms with Gasteiger partial charge in [-0.2, -0.15) is 0 Å². The molecule has 5 nitrogen and oxygen atoms in total. The summed E-state index contributed by atoms with van der Waals surface area (Å²) in [5.41, 5.74) is 2.11. The average Bonchev–Trinajstić information content (AvgIpc) is 2.61. The largest absolute Gasteiger partial charge is 0.340 e. The summed E-state index contributed by atoms with van der Waals surface area (Å²) in [6.45, 7) is 4.71. The highest BCUT2D eigenvalue weighted by Crippen LogP contribution is 2.25. The Hall–Kier alpha value is -3.02. The van der Waals surface area contributed by atoms with Crippen LogP contribution < -0.4 is 5.32 Å². The van der Waals surface area contributed by atoms with Gasteiger partial charge in [0.15, 0.2) is 0 Å². The maximum atomic E-state index is 13.9. The van der Waals surface area contributed by atoms with E-state index in [-0.39, 0.29) is 17.2 Å². The fraction of sp³-hybridized carbons (Fsp3) is 0.211. The molecule has 1 N–H and O–H groups in total. The van der Waals surface area contributed by atoms with Gasteiger partial charge in [-0.3, -0.25) is 4.79 Å². The van der Waals surface area contributed by atoms with E-state index in [1.807, 2.05) is 31.2 Å². The summed E-state index contributed by atoms with van der Waals surface area (Å²) >= 11 is 0. The third kappa shape index (κ3) is 3.74. The van der Waals surface area contributed by atoms with Gasteiger partial charge in [-0.1, -0.05) is 18.2 Å². The van der Waals surface area contributed by atoms with Gasteiger partial charge >= 0.3 is 0 Å². The molecule has 128 valence electrons. The molecule has 0 saturated carbocycles. The number of carbonyl (C=O) groups is 1. The number of amides is 1. The fourth-order valence-corrected chi connectivity index (χ4v) is 2.70. The van der Waals surface area contributed by atoms with Crippen molar-refractivity contribution in [3.63, 3.8) is 0 Å². The first-order chi connectivity index (χ1) is 12.1. The summed E-state index contributed by atoms with van der Waals surface area (Å²) in [5.74, 6) is 0.204. The predicted octanol–water partition coefficient (Wildman–Crippen LogP) is 3.88. The lowest BCUT2D eigenvalue weighted by molar-refractivity contribution is -0.129. The van der Waals surface area contributed by atoms with Gasteiger partial charge in [0.1, 0.15) is 23.5 Å². The molecule has 0 atom stereocenters. The van der Waals surface area contributed by atoms with Gasteiger partial charge in [-0.25, -0.2) is 14.4 Å². The molecule has 1 amide bonds. The number of benzene rings is 2. The molecular weight excluding hydrogens is 319 g/mol. The maximum Gasteiger partial charge on any atom is 0.219 e. The molecule has 0 bridgehead atoms. The van der Waals surface area contributed by atoms with Crippen molar-refractivity contribution in [3.05, 3.63) is 60.2 Å². The number of anilines is 2. The molecule has 0 unspecified atom stereocenters. The van der Waals surface area contributed by atoms with Crippen LogP contribution in [0.2, 0.25) is 0 Å². The lowest BCUT2D eigenvalue weighted by Crippen LogP contribution is -2.27. The SMILES string of the molecule is CCN(Cc1cccc(Nc2ncnc3c(F)cccc23)c1)C(C)=O. The third-order valence-corrected chi connectivity index (χ3v) is 4.01. The second-order valence-corrected chi connectivity index (χ2v) is 5.72. The van der Waals surface area contributed by atoms with E-state index in [4.69, 9.17) is 0 Å². The lowest BCUT2D eigenvalue weighted by Gasteiger charge is -2.19. The van der Waals surface area contributed by atoms with Crippen LogP contribution in [0.3, 0.4) is 0 Å². The Morgan fingerprint density at radius 2 is 2.00 bits per heavy atom. The normalized spacial score (nSPS) is 10.7. The van der Waals surface area contributed by atoms with E-state index in [0.717, 1.165) is 11.3 Å². The monoisotopic (exact) mass is 338 g/mol. The minimum Gasteiger partial charge on any atom is -0.340 e. The molecule has 0 spiro atoms. The quantitative estimate of drug-likeness (QED) is 0.767. The first-order valence-corrected chi connectivity index (χ1v) is 8.09. The second-order valence-electron chi connectivity index (χ2n) is 5.72. The molecule has 3 rings (SSSR count). The van der Waals surface area contributed by atoms with Crippen molar-refractivity contribution < 1.29 is 9.18 Å². The zero-order chi connectivity index (χ0) is 17.8. The molecule has 6 heteroatoms. The van der Waals surface area contributed by atoms with Crippen molar-refractivity contribution in [2.75, 3.05) is 11.9 Å². The summed E-state index contributed by atoms with van der Waals surface area (Å²) in [4.78, 5) is 21.6. The smallest absolute Gasteiger partial charge is 0.219 e. The Bertz CT molecular complexity index is 913. The van der Waals surface area contributed by atoms with Crippen molar-refractivity contribution in [1.82, 2.24) is 14.9 Å². The Labute approximate surface area is 145 Å². The van der Waals surface area contributed by atoms with Crippen LogP contribution in [0.1, 0.15) is 19.4 Å². The van der Waals surface area contributed by atoms with Crippen LogP contribution in [0.5, 0.6) is 0 Å². The third-order valence-electron chi connectivity index (χ3n) is 4.01. The maximum absolute atomic E-state index is 13.9. The van der Waals surface area contributed by atoms with Crippen molar-refractivity contribution in [2.45, 2.75) is 20.4 Å². The van der Waals surface area contributed by atoms with Gasteiger partial charge in [0.2, 0.25) is 5.91 Å². The molecule has 0 aliphatic carbocycles. The van der Waals surface area contributed by atoms with Gasteiger partial charge < -0.3 is 10.2 Å². The van der Waals surface area contributed by atoms with Gasteiger partial charge in [0, 0.05) is 31.1 Å². The van der Waals surface area contributed by atoms with Gasteiger partial charge in [-0.15, -0.1) is 0 Å². The van der Waals surface area contributed by atoms with Crippen molar-refractivity contribution in [2.24, 2.45) is 0 Å². The number of para-hydroxylation sites is 1. The molecular formula is C19H19FN4O. The number of hydrogen-bond acceptors (Lipinski definition) is 4. The molecule has 0 radical (unpaired) electrons. The highest BCUT2D eigenvalue weighted by atomic mass is 19.1. The molecule has 25 heavy (non-hydrogen) atoms. The number of nitrogens with one attached hydrogen (secondary N) is 1. The number of halogens is 1. The summed E-state index contributed by atoms with van der Waals surface area (Å²) in [6.07, 6.45) is 1.34. The summed E-state index contributed by atoms with van der Waals surface area (Å²) in [6, 6.07) is 12.5. The average molecular weight is 338 g/mol. The van der Waals surface area contributed by atoms with Crippen molar-refractivity contribution in [1.29, 1.82) is 0 Å². The molecule has 0 aliphatic rings. The summed E-state index contributed by atoms with van der Waals surface area (Å²) in [7, 11) is 0. The number of carbonyl (C=O) groups excluding carboxylic acids is 1. The number of rotatable bonds is 5. The van der Waals surface area contributed by atoms with E-state index < -0.39 is 0 Å². The second kappa shape index (κ2) is 7.25. The topological polar surface area (TPSA) is 58.1 Å². The molecule has 0 aliphatic heterocycles. The van der Waals surface area contributed by atoms with E-state index >= 15 is 0 Å². The van der Waals surface area contributed by atoms with Crippen LogP contribution in [0.25, 0.3) is 10.9 Å². The first kappa shape index (κ1) is 16.8. The number of aromatic nitrogens is 2. The standard InChI is InChI=1S/C19H19FN4O/c1-3-24(13(2)25)11-14-6-4-7-15(10-14)23-19-16-8-5-9-17(20)18(16)21-12-22-19/h4-10,12H,3,11H2,1-2H3,(H,21,22,23). The Morgan fingerprint density at radius 1 is 1.20 bits per heavy atom. The molecule has 0 fully saturated rings. The lowest BCUT2D eigenvalue weighted by atomic mass is 10.1. The van der Waals surface area contributed by atoms with Gasteiger partial charge in [0.25, 0.3) is 0 Å². The van der Waals surface area contributed by atoms with Crippen LogP contribution >= 0.6 is 0 Å². The fourth-order valence-electron chi connectivity index (χ4n) is 2.70. The molecule has 0 saturated heterocycles. The number of fused-ring (bicyclic) bond motifs is 1. The van der Waals surface area contributed by atoms with Crippen LogP contribution in [0.15, 0.2) is 48.8 Å². The van der Waals surface area contributed by atoms with E-state index in [1.165, 1.54) is 12.4 Å². The van der Waals surface area contributed by atoms with Crippen molar-refractivity contribution in [3.8, 4) is 0 Å². The van der Waals surface area contributed by atoms with E-state index in [1.54, 1.807) is 24.0 Å². The minimum atomic E-state index is -0.378. The van der Waals surface area contributed by atoms with E-state index in [9.17, 15) is 9.18 Å².